The van der Waals surface area contributed by atoms with E-state index in [1.54, 1.807) is 32.0 Å². The predicted molar refractivity (Wildman–Crippen MR) is 76.8 cm³/mol. The molecule has 1 aromatic carbocycles. The standard InChI is InChI=1S/C13H16F3NO5S/c1-8-4-3-5-9(2)12(8)17-6-11(18)22-10(13(14,15)16)7-23(19,20)21/h3-5,10,17H,6-7H2,1-2H3,(H,19,20,21). The van der Waals surface area contributed by atoms with Gasteiger partial charge >= 0.3 is 12.1 Å². The van der Waals surface area contributed by atoms with Gasteiger partial charge in [-0.25, -0.2) is 0 Å². The number of halogens is 3. The van der Waals surface area contributed by atoms with Gasteiger partial charge in [-0.05, 0) is 25.0 Å². The van der Waals surface area contributed by atoms with Crippen LogP contribution >= 0.6 is 0 Å². The SMILES string of the molecule is Cc1cccc(C)c1NCC(=O)OC(CS(=O)(=O)O)C(F)(F)F. The molecule has 1 atom stereocenters. The molecule has 2 N–H and O–H groups in total. The van der Waals surface area contributed by atoms with E-state index in [4.69, 9.17) is 4.55 Å². The lowest BCUT2D eigenvalue weighted by Gasteiger charge is -2.20. The molecule has 1 aromatic rings. The van der Waals surface area contributed by atoms with Gasteiger partial charge in [0.15, 0.2) is 0 Å². The number of nitrogens with one attached hydrogen (secondary N) is 1. The van der Waals surface area contributed by atoms with Gasteiger partial charge in [-0.2, -0.15) is 21.6 Å². The number of rotatable bonds is 6. The molecular weight excluding hydrogens is 339 g/mol. The summed E-state index contributed by atoms with van der Waals surface area (Å²) in [6, 6.07) is 5.27. The summed E-state index contributed by atoms with van der Waals surface area (Å²) in [5.41, 5.74) is 2.13. The van der Waals surface area contributed by atoms with Crippen molar-refractivity contribution >= 4 is 21.8 Å². The Morgan fingerprint density at radius 3 is 2.26 bits per heavy atom. The first-order valence-electron chi connectivity index (χ1n) is 6.41. The van der Waals surface area contributed by atoms with E-state index >= 15 is 0 Å². The lowest BCUT2D eigenvalue weighted by molar-refractivity contribution is -0.214. The number of hydrogen-bond donors (Lipinski definition) is 2. The fourth-order valence-electron chi connectivity index (χ4n) is 1.84. The van der Waals surface area contributed by atoms with E-state index in [0.717, 1.165) is 11.1 Å². The van der Waals surface area contributed by atoms with Gasteiger partial charge in [-0.1, -0.05) is 18.2 Å². The van der Waals surface area contributed by atoms with Crippen molar-refractivity contribution in [2.75, 3.05) is 17.6 Å². The molecular formula is C13H16F3NO5S. The number of para-hydroxylation sites is 1. The molecule has 1 rings (SSSR count). The summed E-state index contributed by atoms with van der Waals surface area (Å²) < 4.78 is 71.7. The average Bonchev–Trinajstić information content (AvgIpc) is 2.34. The predicted octanol–water partition coefficient (Wildman–Crippen LogP) is 2.08. The van der Waals surface area contributed by atoms with E-state index in [1.165, 1.54) is 0 Å². The van der Waals surface area contributed by atoms with E-state index in [9.17, 15) is 26.4 Å². The van der Waals surface area contributed by atoms with Crippen LogP contribution in [0.15, 0.2) is 18.2 Å². The van der Waals surface area contributed by atoms with Crippen molar-refractivity contribution in [1.29, 1.82) is 0 Å². The number of alkyl halides is 3. The summed E-state index contributed by atoms with van der Waals surface area (Å²) in [5, 5.41) is 2.65. The Bertz CT molecular complexity index is 652. The largest absolute Gasteiger partial charge is 0.450 e. The van der Waals surface area contributed by atoms with Crippen LogP contribution < -0.4 is 5.32 Å². The molecule has 6 nitrogen and oxygen atoms in total. The number of esters is 1. The highest BCUT2D eigenvalue weighted by Crippen LogP contribution is 2.24. The highest BCUT2D eigenvalue weighted by Gasteiger charge is 2.45. The van der Waals surface area contributed by atoms with E-state index < -0.39 is 40.7 Å². The molecule has 0 fully saturated rings. The Morgan fingerprint density at radius 2 is 1.83 bits per heavy atom. The van der Waals surface area contributed by atoms with E-state index in [0.29, 0.717) is 5.69 Å². The molecule has 0 saturated carbocycles. The summed E-state index contributed by atoms with van der Waals surface area (Å²) in [7, 11) is -4.95. The van der Waals surface area contributed by atoms with Crippen LogP contribution in [0, 0.1) is 13.8 Å². The highest BCUT2D eigenvalue weighted by atomic mass is 32.2. The van der Waals surface area contributed by atoms with Crippen LogP contribution in [0.2, 0.25) is 0 Å². The van der Waals surface area contributed by atoms with Gasteiger partial charge < -0.3 is 10.1 Å². The van der Waals surface area contributed by atoms with Crippen LogP contribution in [0.1, 0.15) is 11.1 Å². The summed E-state index contributed by atoms with van der Waals surface area (Å²) in [4.78, 5) is 11.5. The quantitative estimate of drug-likeness (QED) is 0.600. The highest BCUT2D eigenvalue weighted by molar-refractivity contribution is 7.85. The second-order valence-corrected chi connectivity index (χ2v) is 6.39. The van der Waals surface area contributed by atoms with Crippen molar-refractivity contribution in [1.82, 2.24) is 0 Å². The van der Waals surface area contributed by atoms with Gasteiger partial charge in [0.1, 0.15) is 12.3 Å². The fraction of sp³-hybridized carbons (Fsp3) is 0.462. The maximum atomic E-state index is 12.6. The third-order valence-corrected chi connectivity index (χ3v) is 3.62. The zero-order valence-corrected chi connectivity index (χ0v) is 13.2. The molecule has 0 aliphatic rings. The number of anilines is 1. The van der Waals surface area contributed by atoms with Gasteiger partial charge in [0, 0.05) is 5.69 Å². The topological polar surface area (TPSA) is 92.7 Å². The Labute approximate surface area is 131 Å². The third kappa shape index (κ3) is 6.45. The van der Waals surface area contributed by atoms with Gasteiger partial charge in [-0.15, -0.1) is 0 Å². The smallest absolute Gasteiger partial charge is 0.426 e. The molecule has 0 aliphatic heterocycles. The Hall–Kier alpha value is -1.81. The van der Waals surface area contributed by atoms with Crippen LogP contribution in [0.25, 0.3) is 0 Å². The first kappa shape index (κ1) is 19.2. The molecule has 0 heterocycles. The molecule has 1 unspecified atom stereocenters. The lowest BCUT2D eigenvalue weighted by atomic mass is 10.1. The van der Waals surface area contributed by atoms with Crippen LogP contribution in [-0.4, -0.2) is 43.5 Å². The second kappa shape index (κ2) is 7.18. The van der Waals surface area contributed by atoms with Crippen LogP contribution in [0.5, 0.6) is 0 Å². The monoisotopic (exact) mass is 355 g/mol. The van der Waals surface area contributed by atoms with Crippen molar-refractivity contribution in [3.8, 4) is 0 Å². The van der Waals surface area contributed by atoms with Crippen molar-refractivity contribution < 1.29 is 35.7 Å². The van der Waals surface area contributed by atoms with E-state index in [1.807, 2.05) is 0 Å². The van der Waals surface area contributed by atoms with Crippen LogP contribution in [0.4, 0.5) is 18.9 Å². The summed E-state index contributed by atoms with van der Waals surface area (Å²) >= 11 is 0. The molecule has 130 valence electrons. The van der Waals surface area contributed by atoms with Crippen molar-refractivity contribution in [2.45, 2.75) is 26.1 Å². The second-order valence-electron chi connectivity index (χ2n) is 4.89. The van der Waals surface area contributed by atoms with E-state index in [2.05, 4.69) is 10.1 Å². The third-order valence-electron chi connectivity index (χ3n) is 2.89. The maximum Gasteiger partial charge on any atom is 0.426 e. The normalized spacial score (nSPS) is 13.5. The summed E-state index contributed by atoms with van der Waals surface area (Å²) in [6.07, 6.45) is -8.03. The van der Waals surface area contributed by atoms with Gasteiger partial charge in [-0.3, -0.25) is 9.35 Å². The molecule has 0 radical (unpaired) electrons. The summed E-state index contributed by atoms with van der Waals surface area (Å²) in [5.74, 6) is -3.04. The number of ether oxygens (including phenoxy) is 1. The number of hydrogen-bond acceptors (Lipinski definition) is 5. The zero-order valence-electron chi connectivity index (χ0n) is 12.3. The lowest BCUT2D eigenvalue weighted by Crippen LogP contribution is -2.40. The molecule has 0 aromatic heterocycles. The number of carbonyl (C=O) groups is 1. The Morgan fingerprint density at radius 1 is 1.30 bits per heavy atom. The number of aryl methyl sites for hydroxylation is 2. The van der Waals surface area contributed by atoms with E-state index in [-0.39, 0.29) is 0 Å². The maximum absolute atomic E-state index is 12.6. The molecule has 23 heavy (non-hydrogen) atoms. The van der Waals surface area contributed by atoms with Crippen molar-refractivity contribution in [3.63, 3.8) is 0 Å². The minimum Gasteiger partial charge on any atom is -0.450 e. The minimum atomic E-state index is -5.11. The number of carbonyl (C=O) groups excluding carboxylic acids is 1. The molecule has 0 aliphatic carbocycles. The van der Waals surface area contributed by atoms with Crippen LogP contribution in [-0.2, 0) is 19.6 Å². The first-order chi connectivity index (χ1) is 10.4. The molecule has 10 heteroatoms. The Kier molecular flexibility index (Phi) is 6.00. The summed E-state index contributed by atoms with van der Waals surface area (Å²) in [6.45, 7) is 2.92. The molecule has 0 saturated heterocycles. The van der Waals surface area contributed by atoms with Crippen LogP contribution in [0.3, 0.4) is 0 Å². The van der Waals surface area contributed by atoms with Crippen molar-refractivity contribution in [3.05, 3.63) is 29.3 Å². The zero-order chi connectivity index (χ0) is 17.8. The minimum absolute atomic E-state index is 0.572. The van der Waals surface area contributed by atoms with Gasteiger partial charge in [0.05, 0.1) is 0 Å². The van der Waals surface area contributed by atoms with Crippen molar-refractivity contribution in [2.24, 2.45) is 0 Å². The van der Waals surface area contributed by atoms with Gasteiger partial charge in [0.25, 0.3) is 10.1 Å². The molecule has 0 spiro atoms. The number of benzene rings is 1. The fourth-order valence-corrected chi connectivity index (χ4v) is 2.48. The Balaban J connectivity index is 2.73. The first-order valence-corrected chi connectivity index (χ1v) is 8.02. The molecule has 0 amide bonds. The molecule has 0 bridgehead atoms. The average molecular weight is 355 g/mol. The van der Waals surface area contributed by atoms with Gasteiger partial charge in [0.2, 0.25) is 6.10 Å².